The SMILES string of the molecule is CN(CC(=O)O)NC(=O)C[C@@H](N)[C@@H]1C[C@H]1CN. The van der Waals surface area contributed by atoms with E-state index < -0.39 is 5.97 Å². The van der Waals surface area contributed by atoms with Crippen molar-refractivity contribution in [1.29, 1.82) is 0 Å². The van der Waals surface area contributed by atoms with Gasteiger partial charge < -0.3 is 16.6 Å². The number of aliphatic carboxylic acids is 1. The molecule has 1 amide bonds. The fourth-order valence-electron chi connectivity index (χ4n) is 1.93. The zero-order valence-electron chi connectivity index (χ0n) is 9.93. The molecule has 1 aliphatic carbocycles. The van der Waals surface area contributed by atoms with E-state index in [0.717, 1.165) is 6.42 Å². The fourth-order valence-corrected chi connectivity index (χ4v) is 1.93. The summed E-state index contributed by atoms with van der Waals surface area (Å²) in [4.78, 5) is 21.9. The van der Waals surface area contributed by atoms with Gasteiger partial charge in [0.05, 0.1) is 0 Å². The second-order valence-electron chi connectivity index (χ2n) is 4.55. The molecule has 0 aromatic heterocycles. The third-order valence-electron chi connectivity index (χ3n) is 2.94. The first-order valence-electron chi connectivity index (χ1n) is 5.62. The summed E-state index contributed by atoms with van der Waals surface area (Å²) in [6.45, 7) is 0.370. The van der Waals surface area contributed by atoms with Crippen molar-refractivity contribution in [1.82, 2.24) is 10.4 Å². The number of hydrogen-bond donors (Lipinski definition) is 4. The molecule has 0 saturated heterocycles. The standard InChI is InChI=1S/C10H20N4O3/c1-14(5-10(16)17)13-9(15)3-8(12)7-2-6(7)4-11/h6-8H,2-5,11-12H2,1H3,(H,13,15)(H,16,17)/t6-,7+,8+/m0/s1. The Bertz CT molecular complexity index is 297. The molecule has 0 radical (unpaired) electrons. The Morgan fingerprint density at radius 2 is 2.24 bits per heavy atom. The average molecular weight is 244 g/mol. The van der Waals surface area contributed by atoms with Gasteiger partial charge in [-0.25, -0.2) is 5.01 Å². The molecule has 1 aliphatic rings. The minimum absolute atomic E-state index is 0.193. The summed E-state index contributed by atoms with van der Waals surface area (Å²) in [7, 11) is 1.50. The summed E-state index contributed by atoms with van der Waals surface area (Å²) in [5, 5.41) is 9.74. The predicted molar refractivity (Wildman–Crippen MR) is 61.7 cm³/mol. The van der Waals surface area contributed by atoms with E-state index in [9.17, 15) is 9.59 Å². The van der Waals surface area contributed by atoms with Crippen LogP contribution in [0, 0.1) is 11.8 Å². The van der Waals surface area contributed by atoms with Crippen LogP contribution in [0.2, 0.25) is 0 Å². The normalized spacial score (nSPS) is 24.5. The molecule has 0 unspecified atom stereocenters. The van der Waals surface area contributed by atoms with Crippen LogP contribution in [0.15, 0.2) is 0 Å². The Kier molecular flexibility index (Phi) is 4.86. The fraction of sp³-hybridized carbons (Fsp3) is 0.800. The van der Waals surface area contributed by atoms with E-state index in [1.807, 2.05) is 0 Å². The van der Waals surface area contributed by atoms with Gasteiger partial charge in [0.1, 0.15) is 6.54 Å². The number of carboxylic acid groups (broad SMARTS) is 1. The summed E-state index contributed by atoms with van der Waals surface area (Å²) in [5.74, 6) is -0.489. The van der Waals surface area contributed by atoms with Crippen LogP contribution in [0.25, 0.3) is 0 Å². The van der Waals surface area contributed by atoms with Crippen molar-refractivity contribution >= 4 is 11.9 Å². The van der Waals surface area contributed by atoms with Crippen LogP contribution in [-0.2, 0) is 9.59 Å². The number of carbonyl (C=O) groups excluding carboxylic acids is 1. The number of likely N-dealkylation sites (N-methyl/N-ethyl adjacent to an activating group) is 1. The minimum atomic E-state index is -0.998. The lowest BCUT2D eigenvalue weighted by Gasteiger charge is -2.17. The second-order valence-corrected chi connectivity index (χ2v) is 4.55. The highest BCUT2D eigenvalue weighted by molar-refractivity contribution is 5.77. The van der Waals surface area contributed by atoms with Crippen LogP contribution in [0.3, 0.4) is 0 Å². The van der Waals surface area contributed by atoms with Crippen LogP contribution < -0.4 is 16.9 Å². The molecule has 7 nitrogen and oxygen atoms in total. The van der Waals surface area contributed by atoms with E-state index in [1.165, 1.54) is 12.1 Å². The maximum absolute atomic E-state index is 11.5. The molecule has 6 N–H and O–H groups in total. The van der Waals surface area contributed by atoms with E-state index in [-0.39, 0.29) is 24.9 Å². The molecular weight excluding hydrogens is 224 g/mol. The van der Waals surface area contributed by atoms with E-state index >= 15 is 0 Å². The van der Waals surface area contributed by atoms with Crippen LogP contribution in [-0.4, -0.2) is 48.2 Å². The molecule has 0 bridgehead atoms. The molecule has 3 atom stereocenters. The molecule has 0 aromatic rings. The topological polar surface area (TPSA) is 122 Å². The van der Waals surface area contributed by atoms with Crippen molar-refractivity contribution in [2.45, 2.75) is 18.9 Å². The van der Waals surface area contributed by atoms with Gasteiger partial charge in [0.2, 0.25) is 5.91 Å². The Morgan fingerprint density at radius 3 is 2.71 bits per heavy atom. The largest absolute Gasteiger partial charge is 0.480 e. The molecule has 7 heteroatoms. The Balaban J connectivity index is 2.23. The number of amides is 1. The first-order valence-corrected chi connectivity index (χ1v) is 5.62. The van der Waals surface area contributed by atoms with Gasteiger partial charge in [0, 0.05) is 19.5 Å². The first kappa shape index (κ1) is 13.9. The number of hydrogen-bond acceptors (Lipinski definition) is 5. The zero-order chi connectivity index (χ0) is 13.0. The number of rotatable bonds is 7. The molecule has 1 saturated carbocycles. The van der Waals surface area contributed by atoms with Gasteiger partial charge in [-0.15, -0.1) is 0 Å². The summed E-state index contributed by atoms with van der Waals surface area (Å²) in [5.41, 5.74) is 13.8. The highest BCUT2D eigenvalue weighted by atomic mass is 16.4. The molecule has 0 aliphatic heterocycles. The Morgan fingerprint density at radius 1 is 1.59 bits per heavy atom. The third-order valence-corrected chi connectivity index (χ3v) is 2.94. The number of nitrogens with zero attached hydrogens (tertiary/aromatic N) is 1. The summed E-state index contributed by atoms with van der Waals surface area (Å²) < 4.78 is 0. The maximum Gasteiger partial charge on any atom is 0.319 e. The number of nitrogens with two attached hydrogens (primary N) is 2. The number of carbonyl (C=O) groups is 2. The van der Waals surface area contributed by atoms with E-state index in [4.69, 9.17) is 16.6 Å². The monoisotopic (exact) mass is 244 g/mol. The Hall–Kier alpha value is -1.18. The van der Waals surface area contributed by atoms with Gasteiger partial charge in [-0.2, -0.15) is 0 Å². The smallest absolute Gasteiger partial charge is 0.319 e. The maximum atomic E-state index is 11.5. The van der Waals surface area contributed by atoms with Gasteiger partial charge in [-0.3, -0.25) is 15.0 Å². The van der Waals surface area contributed by atoms with E-state index in [0.29, 0.717) is 18.4 Å². The lowest BCUT2D eigenvalue weighted by Crippen LogP contribution is -2.44. The lowest BCUT2D eigenvalue weighted by atomic mass is 10.1. The predicted octanol–water partition coefficient (Wildman–Crippen LogP) is -1.65. The zero-order valence-corrected chi connectivity index (χ0v) is 9.93. The van der Waals surface area contributed by atoms with Gasteiger partial charge in [0.15, 0.2) is 0 Å². The first-order chi connectivity index (χ1) is 7.93. The molecule has 0 heterocycles. The van der Waals surface area contributed by atoms with Crippen LogP contribution in [0.5, 0.6) is 0 Å². The molecule has 98 valence electrons. The molecule has 0 aromatic carbocycles. The van der Waals surface area contributed by atoms with Crippen LogP contribution >= 0.6 is 0 Å². The van der Waals surface area contributed by atoms with Gasteiger partial charge in [0.25, 0.3) is 0 Å². The lowest BCUT2D eigenvalue weighted by molar-refractivity contribution is -0.139. The number of hydrazine groups is 1. The van der Waals surface area contributed by atoms with Crippen molar-refractivity contribution in [3.05, 3.63) is 0 Å². The third kappa shape index (κ3) is 4.68. The van der Waals surface area contributed by atoms with E-state index in [2.05, 4.69) is 5.43 Å². The Labute approximate surface area is 100 Å². The molecule has 1 fully saturated rings. The molecule has 17 heavy (non-hydrogen) atoms. The minimum Gasteiger partial charge on any atom is -0.480 e. The number of nitrogens with one attached hydrogen (secondary N) is 1. The van der Waals surface area contributed by atoms with Gasteiger partial charge >= 0.3 is 5.97 Å². The average Bonchev–Trinajstić information content (AvgIpc) is 2.94. The number of carboxylic acids is 1. The van der Waals surface area contributed by atoms with Crippen molar-refractivity contribution in [2.75, 3.05) is 20.1 Å². The quantitative estimate of drug-likeness (QED) is 0.398. The van der Waals surface area contributed by atoms with Crippen molar-refractivity contribution in [2.24, 2.45) is 23.3 Å². The molecule has 0 spiro atoms. The van der Waals surface area contributed by atoms with Crippen molar-refractivity contribution in [3.63, 3.8) is 0 Å². The van der Waals surface area contributed by atoms with E-state index in [1.54, 1.807) is 0 Å². The molecular formula is C10H20N4O3. The summed E-state index contributed by atoms with van der Waals surface area (Å²) >= 11 is 0. The highest BCUT2D eigenvalue weighted by Gasteiger charge is 2.40. The summed E-state index contributed by atoms with van der Waals surface area (Å²) in [6.07, 6.45) is 1.18. The van der Waals surface area contributed by atoms with Gasteiger partial charge in [-0.1, -0.05) is 0 Å². The highest BCUT2D eigenvalue weighted by Crippen LogP contribution is 2.40. The van der Waals surface area contributed by atoms with Crippen molar-refractivity contribution in [3.8, 4) is 0 Å². The van der Waals surface area contributed by atoms with Crippen LogP contribution in [0.4, 0.5) is 0 Å². The van der Waals surface area contributed by atoms with Crippen LogP contribution in [0.1, 0.15) is 12.8 Å². The van der Waals surface area contributed by atoms with Gasteiger partial charge in [-0.05, 0) is 24.8 Å². The van der Waals surface area contributed by atoms with Crippen molar-refractivity contribution < 1.29 is 14.7 Å². The summed E-state index contributed by atoms with van der Waals surface area (Å²) in [6, 6.07) is -0.193. The molecule has 1 rings (SSSR count). The second kappa shape index (κ2) is 5.95.